The Morgan fingerprint density at radius 1 is 1.21 bits per heavy atom. The van der Waals surface area contributed by atoms with E-state index < -0.39 is 59.6 Å². The molecule has 38 heavy (non-hydrogen) atoms. The summed E-state index contributed by atoms with van der Waals surface area (Å²) in [5, 5.41) is 32.0. The molecule has 0 aromatic heterocycles. The molecule has 12 heteroatoms. The molecule has 6 atom stereocenters. The fourth-order valence-electron chi connectivity index (χ4n) is 6.48. The first-order chi connectivity index (χ1) is 17.9. The van der Waals surface area contributed by atoms with Crippen molar-refractivity contribution < 1.29 is 53.4 Å². The van der Waals surface area contributed by atoms with E-state index in [1.165, 1.54) is 19.1 Å². The molecule has 0 amide bonds. The van der Waals surface area contributed by atoms with Gasteiger partial charge in [-0.2, -0.15) is 0 Å². The number of aliphatic hydroxyl groups is 1. The van der Waals surface area contributed by atoms with Gasteiger partial charge in [-0.05, 0) is 51.1 Å². The predicted octanol–water partition coefficient (Wildman–Crippen LogP) is 0.551. The van der Waals surface area contributed by atoms with E-state index in [0.29, 0.717) is 24.9 Å². The van der Waals surface area contributed by atoms with Crippen LogP contribution < -0.4 is 4.74 Å². The monoisotopic (exact) mass is 531 g/mol. The summed E-state index contributed by atoms with van der Waals surface area (Å²) >= 11 is 0. The van der Waals surface area contributed by atoms with Gasteiger partial charge in [-0.1, -0.05) is 6.07 Å². The van der Waals surface area contributed by atoms with Gasteiger partial charge in [-0.25, -0.2) is 9.59 Å². The van der Waals surface area contributed by atoms with Crippen LogP contribution in [-0.2, 0) is 45.2 Å². The molecule has 1 saturated heterocycles. The quantitative estimate of drug-likeness (QED) is 0.330. The average molecular weight is 532 g/mol. The molecule has 3 N–H and O–H groups in total. The van der Waals surface area contributed by atoms with E-state index in [1.807, 2.05) is 13.1 Å². The van der Waals surface area contributed by atoms with Gasteiger partial charge in [0.2, 0.25) is 6.10 Å². The SMILES string of the molecule is CC(=O)O[C@@H](C)C(=O)O[C@@H](CC(=O)O)C(=O)OC1=CC[C@@]2(O)[C@H]3Cc4ccc(O)c5c4C2(CCN3C)C1O5. The lowest BCUT2D eigenvalue weighted by Gasteiger charge is -2.61. The molecule has 1 aromatic carbocycles. The smallest absolute Gasteiger partial charge is 0.353 e. The van der Waals surface area contributed by atoms with Gasteiger partial charge < -0.3 is 39.2 Å². The van der Waals surface area contributed by atoms with Crippen LogP contribution in [0.3, 0.4) is 0 Å². The summed E-state index contributed by atoms with van der Waals surface area (Å²) in [6.07, 6.45) is -2.42. The largest absolute Gasteiger partial charge is 0.504 e. The number of ether oxygens (including phenoxy) is 4. The van der Waals surface area contributed by atoms with E-state index in [1.54, 1.807) is 0 Å². The maximum Gasteiger partial charge on any atom is 0.353 e. The topological polar surface area (TPSA) is 169 Å². The second-order valence-electron chi connectivity index (χ2n) is 10.3. The number of carboxylic acid groups (broad SMARTS) is 1. The zero-order chi connectivity index (χ0) is 27.6. The number of aromatic hydroxyl groups is 1. The third kappa shape index (κ3) is 3.73. The van der Waals surface area contributed by atoms with Gasteiger partial charge in [0.05, 0.1) is 17.4 Å². The number of nitrogens with zero attached hydrogens (tertiary/aromatic N) is 1. The second-order valence-corrected chi connectivity index (χ2v) is 10.3. The van der Waals surface area contributed by atoms with Crippen LogP contribution in [-0.4, -0.2) is 87.6 Å². The van der Waals surface area contributed by atoms with Crippen molar-refractivity contribution in [2.24, 2.45) is 0 Å². The lowest BCUT2D eigenvalue weighted by Crippen LogP contribution is -2.74. The zero-order valence-electron chi connectivity index (χ0n) is 21.1. The number of aliphatic carboxylic acids is 1. The highest BCUT2D eigenvalue weighted by Crippen LogP contribution is 2.65. The normalized spacial score (nSPS) is 30.2. The van der Waals surface area contributed by atoms with Crippen molar-refractivity contribution in [2.75, 3.05) is 13.6 Å². The summed E-state index contributed by atoms with van der Waals surface area (Å²) < 4.78 is 21.6. The molecule has 12 nitrogen and oxygen atoms in total. The first-order valence-corrected chi connectivity index (χ1v) is 12.3. The molecule has 2 unspecified atom stereocenters. The number of carboxylic acids is 1. The molecule has 1 aromatic rings. The number of carbonyl (C=O) groups is 4. The maximum absolute atomic E-state index is 13.1. The molecule has 4 aliphatic rings. The van der Waals surface area contributed by atoms with E-state index >= 15 is 0 Å². The lowest BCUT2D eigenvalue weighted by atomic mass is 9.50. The predicted molar refractivity (Wildman–Crippen MR) is 126 cm³/mol. The van der Waals surface area contributed by atoms with E-state index in [0.717, 1.165) is 12.5 Å². The summed E-state index contributed by atoms with van der Waals surface area (Å²) in [4.78, 5) is 50.1. The number of likely N-dealkylation sites (N-methyl/N-ethyl adjacent to an activating group) is 1. The molecular formula is C26H29NO11. The van der Waals surface area contributed by atoms with E-state index in [2.05, 4.69) is 4.90 Å². The zero-order valence-corrected chi connectivity index (χ0v) is 21.1. The Bertz CT molecular complexity index is 1260. The highest BCUT2D eigenvalue weighted by molar-refractivity contribution is 5.86. The minimum atomic E-state index is -1.83. The highest BCUT2D eigenvalue weighted by Gasteiger charge is 2.72. The van der Waals surface area contributed by atoms with Crippen LogP contribution in [0.5, 0.6) is 11.5 Å². The number of piperidine rings is 1. The standard InChI is InChI=1S/C26H29NO11/c1-12(35-13(2)28)23(32)37-17(11-19(30)31)24(33)36-16-6-7-26(34)18-10-14-4-5-15(29)21-20(14)25(26,22(16)38-21)8-9-27(18)3/h4-6,12,17-18,22,29,34H,7-11H2,1-3H3,(H,30,31)/t12-,17-,18+,22?,25?,26+/m0/s1. The van der Waals surface area contributed by atoms with E-state index in [-0.39, 0.29) is 29.7 Å². The summed E-state index contributed by atoms with van der Waals surface area (Å²) in [7, 11) is 1.94. The molecule has 204 valence electrons. The van der Waals surface area contributed by atoms with Crippen LogP contribution in [0.25, 0.3) is 0 Å². The minimum Gasteiger partial charge on any atom is -0.504 e. The van der Waals surface area contributed by atoms with Crippen molar-refractivity contribution in [1.29, 1.82) is 0 Å². The molecule has 0 saturated carbocycles. The number of rotatable bonds is 7. The molecule has 1 spiro atoms. The van der Waals surface area contributed by atoms with Crippen molar-refractivity contribution in [2.45, 2.75) is 74.9 Å². The lowest BCUT2D eigenvalue weighted by molar-refractivity contribution is -0.182. The fourth-order valence-corrected chi connectivity index (χ4v) is 6.48. The number of hydrogen-bond acceptors (Lipinski definition) is 11. The number of carbonyl (C=O) groups excluding carboxylic acids is 3. The summed E-state index contributed by atoms with van der Waals surface area (Å²) in [5.41, 5.74) is -0.677. The average Bonchev–Trinajstić information content (AvgIpc) is 3.19. The van der Waals surface area contributed by atoms with Gasteiger partial charge in [-0.3, -0.25) is 9.59 Å². The Labute approximate surface area is 217 Å². The number of esters is 3. The second kappa shape index (κ2) is 8.98. The first-order valence-electron chi connectivity index (χ1n) is 12.3. The van der Waals surface area contributed by atoms with Crippen molar-refractivity contribution in [3.05, 3.63) is 35.1 Å². The fraction of sp³-hybridized carbons (Fsp3) is 0.538. The molecule has 2 aliphatic heterocycles. The molecule has 1 fully saturated rings. The number of phenols is 1. The number of phenolic OH excluding ortho intramolecular Hbond substituents is 1. The van der Waals surface area contributed by atoms with Crippen LogP contribution in [0, 0.1) is 0 Å². The first kappa shape index (κ1) is 26.0. The van der Waals surface area contributed by atoms with Gasteiger partial charge in [0.25, 0.3) is 0 Å². The molecule has 0 radical (unpaired) electrons. The Morgan fingerprint density at radius 3 is 2.63 bits per heavy atom. The Balaban J connectivity index is 1.46. The highest BCUT2D eigenvalue weighted by atomic mass is 16.6. The van der Waals surface area contributed by atoms with Gasteiger partial charge >= 0.3 is 23.9 Å². The molecule has 2 heterocycles. The van der Waals surface area contributed by atoms with Crippen LogP contribution in [0.15, 0.2) is 24.0 Å². The number of hydrogen-bond donors (Lipinski definition) is 3. The van der Waals surface area contributed by atoms with Crippen molar-refractivity contribution >= 4 is 23.9 Å². The van der Waals surface area contributed by atoms with E-state index in [4.69, 9.17) is 18.9 Å². The number of benzene rings is 1. The van der Waals surface area contributed by atoms with Gasteiger partial charge in [0, 0.05) is 24.9 Å². The third-order valence-electron chi connectivity index (χ3n) is 8.13. The molecule has 2 bridgehead atoms. The van der Waals surface area contributed by atoms with Gasteiger partial charge in [-0.15, -0.1) is 0 Å². The Hall–Kier alpha value is -3.64. The molecule has 2 aliphatic carbocycles. The van der Waals surface area contributed by atoms with Crippen LogP contribution >= 0.6 is 0 Å². The molecular weight excluding hydrogens is 502 g/mol. The summed E-state index contributed by atoms with van der Waals surface area (Å²) in [6.45, 7) is 2.93. The van der Waals surface area contributed by atoms with Crippen LogP contribution in [0.1, 0.15) is 44.2 Å². The number of likely N-dealkylation sites (tertiary alicyclic amines) is 1. The van der Waals surface area contributed by atoms with E-state index in [9.17, 15) is 34.5 Å². The maximum atomic E-state index is 13.1. The van der Waals surface area contributed by atoms with Crippen LogP contribution in [0.4, 0.5) is 0 Å². The van der Waals surface area contributed by atoms with Gasteiger partial charge in [0.15, 0.2) is 23.7 Å². The van der Waals surface area contributed by atoms with Crippen molar-refractivity contribution in [1.82, 2.24) is 4.90 Å². The van der Waals surface area contributed by atoms with Crippen molar-refractivity contribution in [3.63, 3.8) is 0 Å². The minimum absolute atomic E-state index is 0.0332. The van der Waals surface area contributed by atoms with Crippen molar-refractivity contribution in [3.8, 4) is 11.5 Å². The Morgan fingerprint density at radius 2 is 1.95 bits per heavy atom. The summed E-state index contributed by atoms with van der Waals surface area (Å²) in [5.74, 6) is -4.29. The van der Waals surface area contributed by atoms with Gasteiger partial charge in [0.1, 0.15) is 5.76 Å². The third-order valence-corrected chi connectivity index (χ3v) is 8.13. The summed E-state index contributed by atoms with van der Waals surface area (Å²) in [6, 6.07) is 3.09. The van der Waals surface area contributed by atoms with Crippen LogP contribution in [0.2, 0.25) is 0 Å². The molecule has 5 rings (SSSR count). The Kier molecular flexibility index (Phi) is 6.14.